The molecular weight excluding hydrogens is 229 g/mol. The maximum absolute atomic E-state index is 12.0. The second-order valence-corrected chi connectivity index (χ2v) is 4.00. The number of aryl methyl sites for hydroxylation is 1. The van der Waals surface area contributed by atoms with E-state index < -0.39 is 12.7 Å². The van der Waals surface area contributed by atoms with Crippen LogP contribution in [0.1, 0.15) is 5.56 Å². The number of para-hydroxylation sites is 1. The molecule has 0 unspecified atom stereocenters. The Morgan fingerprint density at radius 3 is 2.65 bits per heavy atom. The zero-order valence-corrected chi connectivity index (χ0v) is 9.38. The molecule has 92 valence electrons. The lowest BCUT2D eigenvalue weighted by Gasteiger charge is -2.07. The summed E-state index contributed by atoms with van der Waals surface area (Å²) in [4.78, 5) is 0. The van der Waals surface area contributed by atoms with Crippen molar-refractivity contribution in [1.29, 1.82) is 0 Å². The first-order valence-electron chi connectivity index (χ1n) is 5.28. The van der Waals surface area contributed by atoms with Crippen LogP contribution in [-0.2, 0) is 13.6 Å². The molecule has 1 heterocycles. The Hall–Kier alpha value is -1.49. The Labute approximate surface area is 97.0 Å². The van der Waals surface area contributed by atoms with Gasteiger partial charge in [0.1, 0.15) is 0 Å². The largest absolute Gasteiger partial charge is 0.401 e. The van der Waals surface area contributed by atoms with E-state index in [9.17, 15) is 13.2 Å². The van der Waals surface area contributed by atoms with Gasteiger partial charge in [-0.05, 0) is 11.6 Å². The fourth-order valence-electron chi connectivity index (χ4n) is 1.91. The summed E-state index contributed by atoms with van der Waals surface area (Å²) in [6.07, 6.45) is -2.31. The molecule has 1 aromatic heterocycles. The Bertz CT molecular complexity index is 514. The third-order valence-electron chi connectivity index (χ3n) is 2.62. The molecule has 0 saturated carbocycles. The number of halogens is 3. The van der Waals surface area contributed by atoms with Crippen LogP contribution < -0.4 is 5.32 Å². The molecule has 0 spiro atoms. The normalized spacial score (nSPS) is 12.2. The summed E-state index contributed by atoms with van der Waals surface area (Å²) in [6, 6.07) is 7.66. The summed E-state index contributed by atoms with van der Waals surface area (Å²) in [7, 11) is 1.88. The molecule has 0 aliphatic carbocycles. The molecule has 0 radical (unpaired) electrons. The Morgan fingerprint density at radius 1 is 1.24 bits per heavy atom. The lowest BCUT2D eigenvalue weighted by molar-refractivity contribution is -0.125. The third-order valence-corrected chi connectivity index (χ3v) is 2.62. The van der Waals surface area contributed by atoms with Crippen molar-refractivity contribution in [3.05, 3.63) is 36.0 Å². The van der Waals surface area contributed by atoms with Crippen LogP contribution in [0.5, 0.6) is 0 Å². The highest BCUT2D eigenvalue weighted by Crippen LogP contribution is 2.20. The van der Waals surface area contributed by atoms with Crippen molar-refractivity contribution in [2.75, 3.05) is 6.54 Å². The van der Waals surface area contributed by atoms with Crippen molar-refractivity contribution in [2.24, 2.45) is 7.05 Å². The first kappa shape index (κ1) is 12.0. The summed E-state index contributed by atoms with van der Waals surface area (Å²) in [6.45, 7) is -0.739. The Kier molecular flexibility index (Phi) is 3.11. The van der Waals surface area contributed by atoms with E-state index in [4.69, 9.17) is 0 Å². The number of nitrogens with zero attached hydrogens (tertiary/aromatic N) is 1. The average molecular weight is 242 g/mol. The molecule has 0 amide bonds. The highest BCUT2D eigenvalue weighted by molar-refractivity contribution is 5.83. The fraction of sp³-hybridized carbons (Fsp3) is 0.333. The van der Waals surface area contributed by atoms with Gasteiger partial charge in [0.25, 0.3) is 0 Å². The standard InChI is InChI=1S/C12H13F3N2/c1-17-7-9(6-16-8-12(13,14)15)10-4-2-3-5-11(10)17/h2-5,7,16H,6,8H2,1H3. The van der Waals surface area contributed by atoms with Gasteiger partial charge in [0.15, 0.2) is 0 Å². The summed E-state index contributed by atoms with van der Waals surface area (Å²) in [5, 5.41) is 3.40. The molecule has 0 atom stereocenters. The second kappa shape index (κ2) is 4.41. The smallest absolute Gasteiger partial charge is 0.350 e. The van der Waals surface area contributed by atoms with Gasteiger partial charge in [-0.3, -0.25) is 0 Å². The first-order valence-corrected chi connectivity index (χ1v) is 5.28. The molecule has 0 fully saturated rings. The van der Waals surface area contributed by atoms with Crippen molar-refractivity contribution in [2.45, 2.75) is 12.7 Å². The predicted octanol–water partition coefficient (Wildman–Crippen LogP) is 2.83. The topological polar surface area (TPSA) is 17.0 Å². The summed E-state index contributed by atoms with van der Waals surface area (Å²) < 4.78 is 37.9. The molecule has 1 aromatic carbocycles. The lowest BCUT2D eigenvalue weighted by Crippen LogP contribution is -2.28. The van der Waals surface area contributed by atoms with Crippen molar-refractivity contribution in [3.63, 3.8) is 0 Å². The van der Waals surface area contributed by atoms with E-state index in [1.165, 1.54) is 0 Å². The van der Waals surface area contributed by atoms with Crippen LogP contribution in [-0.4, -0.2) is 17.3 Å². The average Bonchev–Trinajstić information content (AvgIpc) is 2.55. The van der Waals surface area contributed by atoms with Crippen LogP contribution in [0.3, 0.4) is 0 Å². The molecule has 2 rings (SSSR count). The number of benzene rings is 1. The van der Waals surface area contributed by atoms with E-state index in [0.717, 1.165) is 16.5 Å². The van der Waals surface area contributed by atoms with Crippen LogP contribution in [0.2, 0.25) is 0 Å². The minimum absolute atomic E-state index is 0.223. The van der Waals surface area contributed by atoms with E-state index in [0.29, 0.717) is 0 Å². The number of aromatic nitrogens is 1. The molecule has 17 heavy (non-hydrogen) atoms. The monoisotopic (exact) mass is 242 g/mol. The maximum Gasteiger partial charge on any atom is 0.401 e. The van der Waals surface area contributed by atoms with E-state index in [2.05, 4.69) is 5.32 Å². The lowest BCUT2D eigenvalue weighted by atomic mass is 10.2. The number of alkyl halides is 3. The molecule has 1 N–H and O–H groups in total. The van der Waals surface area contributed by atoms with Crippen LogP contribution in [0.4, 0.5) is 13.2 Å². The highest BCUT2D eigenvalue weighted by Gasteiger charge is 2.26. The van der Waals surface area contributed by atoms with Gasteiger partial charge in [-0.1, -0.05) is 18.2 Å². The summed E-state index contributed by atoms with van der Waals surface area (Å²) >= 11 is 0. The molecular formula is C12H13F3N2. The first-order chi connectivity index (χ1) is 7.97. The number of hydrogen-bond acceptors (Lipinski definition) is 1. The molecule has 0 aliphatic rings. The van der Waals surface area contributed by atoms with Crippen molar-refractivity contribution in [1.82, 2.24) is 9.88 Å². The molecule has 2 nitrogen and oxygen atoms in total. The quantitative estimate of drug-likeness (QED) is 0.875. The number of nitrogens with one attached hydrogen (secondary N) is 1. The zero-order valence-electron chi connectivity index (χ0n) is 9.38. The third kappa shape index (κ3) is 2.79. The molecule has 0 aliphatic heterocycles. The highest BCUT2D eigenvalue weighted by atomic mass is 19.4. The Balaban J connectivity index is 2.14. The van der Waals surface area contributed by atoms with Gasteiger partial charge in [0.2, 0.25) is 0 Å². The van der Waals surface area contributed by atoms with Crippen LogP contribution >= 0.6 is 0 Å². The molecule has 0 saturated heterocycles. The predicted molar refractivity (Wildman–Crippen MR) is 60.7 cm³/mol. The van der Waals surface area contributed by atoms with Crippen LogP contribution in [0.15, 0.2) is 30.5 Å². The summed E-state index contributed by atoms with van der Waals surface area (Å²) in [5.41, 5.74) is 1.91. The van der Waals surface area contributed by atoms with Crippen molar-refractivity contribution < 1.29 is 13.2 Å². The van der Waals surface area contributed by atoms with Gasteiger partial charge >= 0.3 is 6.18 Å². The van der Waals surface area contributed by atoms with E-state index >= 15 is 0 Å². The minimum Gasteiger partial charge on any atom is -0.350 e. The van der Waals surface area contributed by atoms with E-state index in [1.807, 2.05) is 42.1 Å². The number of rotatable bonds is 3. The van der Waals surface area contributed by atoms with E-state index in [-0.39, 0.29) is 6.54 Å². The maximum atomic E-state index is 12.0. The van der Waals surface area contributed by atoms with Gasteiger partial charge in [-0.25, -0.2) is 0 Å². The van der Waals surface area contributed by atoms with E-state index in [1.54, 1.807) is 0 Å². The van der Waals surface area contributed by atoms with Crippen molar-refractivity contribution >= 4 is 10.9 Å². The van der Waals surface area contributed by atoms with Crippen molar-refractivity contribution in [3.8, 4) is 0 Å². The second-order valence-electron chi connectivity index (χ2n) is 4.00. The fourth-order valence-corrected chi connectivity index (χ4v) is 1.91. The van der Waals surface area contributed by atoms with Crippen LogP contribution in [0.25, 0.3) is 10.9 Å². The minimum atomic E-state index is -4.16. The van der Waals surface area contributed by atoms with Gasteiger partial charge in [0.05, 0.1) is 6.54 Å². The summed E-state index contributed by atoms with van der Waals surface area (Å²) in [5.74, 6) is 0. The van der Waals surface area contributed by atoms with Gasteiger partial charge in [-0.15, -0.1) is 0 Å². The van der Waals surface area contributed by atoms with Gasteiger partial charge < -0.3 is 9.88 Å². The molecule has 2 aromatic rings. The zero-order chi connectivity index (χ0) is 12.5. The van der Waals surface area contributed by atoms with Gasteiger partial charge in [0, 0.05) is 30.7 Å². The number of fused-ring (bicyclic) bond motifs is 1. The molecule has 5 heteroatoms. The van der Waals surface area contributed by atoms with Crippen LogP contribution in [0, 0.1) is 0 Å². The Morgan fingerprint density at radius 2 is 1.94 bits per heavy atom. The number of hydrogen-bond donors (Lipinski definition) is 1. The van der Waals surface area contributed by atoms with Gasteiger partial charge in [-0.2, -0.15) is 13.2 Å². The SMILES string of the molecule is Cn1cc(CNCC(F)(F)F)c2ccccc21. The molecule has 0 bridgehead atoms.